The third-order valence-corrected chi connectivity index (χ3v) is 6.89. The first kappa shape index (κ1) is 15.5. The average Bonchev–Trinajstić information content (AvgIpc) is 2.64. The predicted octanol–water partition coefficient (Wildman–Crippen LogP) is 5.10. The Hall–Kier alpha value is 0.140. The Balaban J connectivity index is 2.09. The summed E-state index contributed by atoms with van der Waals surface area (Å²) in [5.74, 6) is 0.771. The molecule has 3 heteroatoms. The highest BCUT2D eigenvalue weighted by molar-refractivity contribution is 9.11. The van der Waals surface area contributed by atoms with Crippen LogP contribution in [0.4, 0.5) is 0 Å². The molecular formula is C16H26BrNS. The second-order valence-corrected chi connectivity index (χ2v) is 9.44. The summed E-state index contributed by atoms with van der Waals surface area (Å²) in [7, 11) is 0. The van der Waals surface area contributed by atoms with Gasteiger partial charge in [-0.3, -0.25) is 0 Å². The van der Waals surface area contributed by atoms with Crippen molar-refractivity contribution in [1.29, 1.82) is 0 Å². The standard InChI is InChI=1S/C16H26BrNS/c1-6-9-18-12(10-11-7-8-13(17)19-11)14-15(2,3)16(14,4)5/h7-8,12,14,18H,6,9-10H2,1-5H3. The van der Waals surface area contributed by atoms with E-state index in [0.29, 0.717) is 16.9 Å². The van der Waals surface area contributed by atoms with Crippen LogP contribution in [0.3, 0.4) is 0 Å². The SMILES string of the molecule is CCCNC(Cc1ccc(Br)s1)C1C(C)(C)C1(C)C. The van der Waals surface area contributed by atoms with E-state index < -0.39 is 0 Å². The van der Waals surface area contributed by atoms with Gasteiger partial charge in [-0.1, -0.05) is 34.6 Å². The van der Waals surface area contributed by atoms with Gasteiger partial charge in [0.2, 0.25) is 0 Å². The van der Waals surface area contributed by atoms with Crippen molar-refractivity contribution in [3.63, 3.8) is 0 Å². The number of thiophene rings is 1. The van der Waals surface area contributed by atoms with Crippen LogP contribution in [-0.2, 0) is 6.42 Å². The first-order valence-corrected chi connectivity index (χ1v) is 8.89. The summed E-state index contributed by atoms with van der Waals surface area (Å²) < 4.78 is 1.24. The van der Waals surface area contributed by atoms with Crippen LogP contribution in [0.15, 0.2) is 15.9 Å². The number of hydrogen-bond acceptors (Lipinski definition) is 2. The maximum atomic E-state index is 3.79. The first-order valence-electron chi connectivity index (χ1n) is 7.28. The maximum Gasteiger partial charge on any atom is 0.0701 e. The molecule has 19 heavy (non-hydrogen) atoms. The molecule has 1 unspecified atom stereocenters. The van der Waals surface area contributed by atoms with Crippen LogP contribution >= 0.6 is 27.3 Å². The average molecular weight is 344 g/mol. The van der Waals surface area contributed by atoms with Gasteiger partial charge in [0.05, 0.1) is 3.79 Å². The van der Waals surface area contributed by atoms with E-state index in [1.54, 1.807) is 0 Å². The lowest BCUT2D eigenvalue weighted by atomic mass is 10.0. The largest absolute Gasteiger partial charge is 0.313 e. The summed E-state index contributed by atoms with van der Waals surface area (Å²) in [6, 6.07) is 5.04. The molecule has 0 bridgehead atoms. The molecule has 1 aliphatic rings. The van der Waals surface area contributed by atoms with Crippen LogP contribution in [0.1, 0.15) is 45.9 Å². The van der Waals surface area contributed by atoms with Crippen LogP contribution in [0.2, 0.25) is 0 Å². The van der Waals surface area contributed by atoms with Gasteiger partial charge in [0.1, 0.15) is 0 Å². The summed E-state index contributed by atoms with van der Waals surface area (Å²) in [6.45, 7) is 13.0. The van der Waals surface area contributed by atoms with Crippen molar-refractivity contribution in [2.24, 2.45) is 16.7 Å². The third-order valence-electron chi connectivity index (χ3n) is 5.24. The van der Waals surface area contributed by atoms with E-state index in [9.17, 15) is 0 Å². The molecule has 1 aliphatic carbocycles. The summed E-state index contributed by atoms with van der Waals surface area (Å²) in [6.07, 6.45) is 2.37. The van der Waals surface area contributed by atoms with E-state index >= 15 is 0 Å². The molecule has 1 nitrogen and oxygen atoms in total. The van der Waals surface area contributed by atoms with Crippen molar-refractivity contribution in [1.82, 2.24) is 5.32 Å². The second kappa shape index (κ2) is 5.50. The van der Waals surface area contributed by atoms with Crippen LogP contribution in [0.25, 0.3) is 0 Å². The fourth-order valence-electron chi connectivity index (χ4n) is 3.57. The summed E-state index contributed by atoms with van der Waals surface area (Å²) in [5.41, 5.74) is 0.903. The second-order valence-electron chi connectivity index (χ2n) is 6.89. The first-order chi connectivity index (χ1) is 8.80. The number of halogens is 1. The Labute approximate surface area is 130 Å². The minimum Gasteiger partial charge on any atom is -0.313 e. The molecule has 1 heterocycles. The molecule has 0 amide bonds. The fourth-order valence-corrected chi connectivity index (χ4v) is 5.11. The van der Waals surface area contributed by atoms with Gasteiger partial charge in [-0.25, -0.2) is 0 Å². The van der Waals surface area contributed by atoms with Crippen LogP contribution in [-0.4, -0.2) is 12.6 Å². The number of nitrogens with one attached hydrogen (secondary N) is 1. The van der Waals surface area contributed by atoms with Crippen LogP contribution in [0.5, 0.6) is 0 Å². The van der Waals surface area contributed by atoms with E-state index in [2.05, 4.69) is 68.0 Å². The monoisotopic (exact) mass is 343 g/mol. The molecule has 0 radical (unpaired) electrons. The Morgan fingerprint density at radius 1 is 1.26 bits per heavy atom. The molecular weight excluding hydrogens is 318 g/mol. The van der Waals surface area contributed by atoms with E-state index in [0.717, 1.165) is 18.9 Å². The fraction of sp³-hybridized carbons (Fsp3) is 0.750. The lowest BCUT2D eigenvalue weighted by Crippen LogP contribution is -2.35. The smallest absolute Gasteiger partial charge is 0.0701 e. The summed E-state index contributed by atoms with van der Waals surface area (Å²) >= 11 is 5.44. The highest BCUT2D eigenvalue weighted by Gasteiger charge is 2.66. The zero-order valence-corrected chi connectivity index (χ0v) is 15.1. The van der Waals surface area contributed by atoms with Crippen molar-refractivity contribution >= 4 is 27.3 Å². The van der Waals surface area contributed by atoms with Gasteiger partial charge in [-0.2, -0.15) is 0 Å². The van der Waals surface area contributed by atoms with Gasteiger partial charge in [0, 0.05) is 10.9 Å². The van der Waals surface area contributed by atoms with Crippen molar-refractivity contribution in [2.75, 3.05) is 6.54 Å². The van der Waals surface area contributed by atoms with Crippen molar-refractivity contribution in [2.45, 2.75) is 53.5 Å². The minimum absolute atomic E-state index is 0.451. The van der Waals surface area contributed by atoms with Crippen LogP contribution < -0.4 is 5.32 Å². The molecule has 1 fully saturated rings. The zero-order chi connectivity index (χ0) is 14.3. The minimum atomic E-state index is 0.451. The predicted molar refractivity (Wildman–Crippen MR) is 88.9 cm³/mol. The van der Waals surface area contributed by atoms with E-state index in [1.165, 1.54) is 15.1 Å². The van der Waals surface area contributed by atoms with Gasteiger partial charge in [0.25, 0.3) is 0 Å². The molecule has 0 spiro atoms. The van der Waals surface area contributed by atoms with Gasteiger partial charge in [0.15, 0.2) is 0 Å². The normalized spacial score (nSPS) is 22.4. The lowest BCUT2D eigenvalue weighted by molar-refractivity contribution is 0.397. The summed E-state index contributed by atoms with van der Waals surface area (Å²) in [5, 5.41) is 3.79. The van der Waals surface area contributed by atoms with Gasteiger partial charge in [-0.15, -0.1) is 11.3 Å². The Bertz CT molecular complexity index is 422. The van der Waals surface area contributed by atoms with Crippen molar-refractivity contribution in [3.05, 3.63) is 20.8 Å². The lowest BCUT2D eigenvalue weighted by Gasteiger charge is -2.20. The zero-order valence-electron chi connectivity index (χ0n) is 12.7. The van der Waals surface area contributed by atoms with Gasteiger partial charge in [-0.05, 0) is 64.2 Å². The molecule has 108 valence electrons. The number of rotatable bonds is 6. The molecule has 0 saturated heterocycles. The molecule has 1 N–H and O–H groups in total. The molecule has 1 aromatic heterocycles. The van der Waals surface area contributed by atoms with E-state index in [-0.39, 0.29) is 0 Å². The highest BCUT2D eigenvalue weighted by atomic mass is 79.9. The quantitative estimate of drug-likeness (QED) is 0.757. The third kappa shape index (κ3) is 2.93. The molecule has 2 rings (SSSR count). The molecule has 1 atom stereocenters. The Morgan fingerprint density at radius 2 is 1.89 bits per heavy atom. The summed E-state index contributed by atoms with van der Waals surface area (Å²) in [4.78, 5) is 1.49. The Morgan fingerprint density at radius 3 is 2.32 bits per heavy atom. The molecule has 1 aromatic rings. The topological polar surface area (TPSA) is 12.0 Å². The van der Waals surface area contributed by atoms with Crippen molar-refractivity contribution < 1.29 is 0 Å². The molecule has 0 aromatic carbocycles. The van der Waals surface area contributed by atoms with E-state index in [4.69, 9.17) is 0 Å². The molecule has 1 saturated carbocycles. The van der Waals surface area contributed by atoms with Gasteiger partial charge < -0.3 is 5.32 Å². The molecule has 0 aliphatic heterocycles. The number of hydrogen-bond donors (Lipinski definition) is 1. The van der Waals surface area contributed by atoms with Gasteiger partial charge >= 0.3 is 0 Å². The maximum absolute atomic E-state index is 3.79. The van der Waals surface area contributed by atoms with E-state index in [1.807, 2.05) is 11.3 Å². The van der Waals surface area contributed by atoms with Crippen molar-refractivity contribution in [3.8, 4) is 0 Å². The highest BCUT2D eigenvalue weighted by Crippen LogP contribution is 2.69. The van der Waals surface area contributed by atoms with Crippen LogP contribution in [0, 0.1) is 16.7 Å². The Kier molecular flexibility index (Phi) is 4.49.